The molecular weight excluding hydrogens is 404 g/mol. The zero-order valence-corrected chi connectivity index (χ0v) is 18.9. The van der Waals surface area contributed by atoms with Crippen LogP contribution in [0.4, 0.5) is 4.79 Å². The minimum absolute atomic E-state index is 0.0698. The Morgan fingerprint density at radius 1 is 1.33 bits per heavy atom. The fourth-order valence-electron chi connectivity index (χ4n) is 3.43. The lowest BCUT2D eigenvalue weighted by Gasteiger charge is -2.30. The van der Waals surface area contributed by atoms with Gasteiger partial charge in [-0.3, -0.25) is 4.98 Å². The van der Waals surface area contributed by atoms with Gasteiger partial charge in [0, 0.05) is 31.7 Å². The number of rotatable bonds is 7. The number of aromatic nitrogens is 1. The second kappa shape index (κ2) is 10.7. The zero-order valence-electron chi connectivity index (χ0n) is 18.1. The predicted octanol–water partition coefficient (Wildman–Crippen LogP) is 3.31. The first kappa shape index (κ1) is 24.1. The molecule has 1 atom stereocenters. The number of hydrogen-bond acceptors (Lipinski definition) is 6. The van der Waals surface area contributed by atoms with E-state index < -0.39 is 15.6 Å². The normalized spacial score (nSPS) is 18.0. The third kappa shape index (κ3) is 7.58. The van der Waals surface area contributed by atoms with E-state index >= 15 is 0 Å². The molecule has 0 aliphatic carbocycles. The number of pyridine rings is 1. The molecule has 1 saturated heterocycles. The summed E-state index contributed by atoms with van der Waals surface area (Å²) in [4.78, 5) is 18.4. The molecule has 1 aromatic rings. The first-order valence-corrected chi connectivity index (χ1v) is 12.0. The van der Waals surface area contributed by atoms with E-state index in [0.29, 0.717) is 44.5 Å². The van der Waals surface area contributed by atoms with Gasteiger partial charge in [-0.25, -0.2) is 13.2 Å². The molecule has 0 radical (unpaired) electrons. The lowest BCUT2D eigenvalue weighted by molar-refractivity contribution is 0.0255. The van der Waals surface area contributed by atoms with Crippen molar-refractivity contribution in [3.05, 3.63) is 30.1 Å². The van der Waals surface area contributed by atoms with Crippen molar-refractivity contribution in [2.24, 2.45) is 0 Å². The summed E-state index contributed by atoms with van der Waals surface area (Å²) in [6, 6.07) is 7.20. The second-order valence-electron chi connectivity index (χ2n) is 8.50. The lowest BCUT2D eigenvalue weighted by Crippen LogP contribution is -2.42. The third-order valence-electron chi connectivity index (χ3n) is 4.85. The van der Waals surface area contributed by atoms with Gasteiger partial charge in [-0.1, -0.05) is 6.07 Å². The average molecular weight is 437 g/mol. The van der Waals surface area contributed by atoms with Crippen LogP contribution in [0, 0.1) is 11.3 Å². The van der Waals surface area contributed by atoms with Gasteiger partial charge in [0.1, 0.15) is 5.60 Å². The average Bonchev–Trinajstić information content (AvgIpc) is 2.92. The van der Waals surface area contributed by atoms with Crippen molar-refractivity contribution in [1.29, 1.82) is 5.26 Å². The van der Waals surface area contributed by atoms with Crippen LogP contribution < -0.4 is 0 Å². The Kier molecular flexibility index (Phi) is 8.62. The first-order chi connectivity index (χ1) is 14.1. The van der Waals surface area contributed by atoms with E-state index in [1.807, 2.05) is 39.0 Å². The summed E-state index contributed by atoms with van der Waals surface area (Å²) in [7, 11) is -3.57. The Hall–Kier alpha value is -2.18. The molecule has 8 nitrogen and oxygen atoms in total. The Morgan fingerprint density at radius 3 is 2.73 bits per heavy atom. The number of nitrogens with zero attached hydrogens (tertiary/aromatic N) is 4. The summed E-state index contributed by atoms with van der Waals surface area (Å²) in [6.07, 6.45) is 3.66. The molecule has 0 aromatic carbocycles. The van der Waals surface area contributed by atoms with E-state index in [1.165, 1.54) is 4.31 Å². The van der Waals surface area contributed by atoms with Gasteiger partial charge in [0.2, 0.25) is 10.0 Å². The third-order valence-corrected chi connectivity index (χ3v) is 6.80. The molecule has 2 heterocycles. The van der Waals surface area contributed by atoms with Crippen LogP contribution in [0.3, 0.4) is 0 Å². The molecule has 1 aromatic heterocycles. The summed E-state index contributed by atoms with van der Waals surface area (Å²) in [5.74, 6) is -0.0698. The number of hydrogen-bond donors (Lipinski definition) is 0. The van der Waals surface area contributed by atoms with E-state index in [9.17, 15) is 13.2 Å². The van der Waals surface area contributed by atoms with Crippen LogP contribution in [0.2, 0.25) is 0 Å². The minimum Gasteiger partial charge on any atom is -0.444 e. The molecule has 2 rings (SSSR count). The highest BCUT2D eigenvalue weighted by Gasteiger charge is 2.33. The molecule has 0 unspecified atom stereocenters. The Morgan fingerprint density at radius 2 is 2.10 bits per heavy atom. The Labute approximate surface area is 179 Å². The second-order valence-corrected chi connectivity index (χ2v) is 10.5. The van der Waals surface area contributed by atoms with Crippen molar-refractivity contribution in [3.63, 3.8) is 0 Å². The summed E-state index contributed by atoms with van der Waals surface area (Å²) in [6.45, 7) is 6.64. The smallest absolute Gasteiger partial charge is 0.410 e. The van der Waals surface area contributed by atoms with Crippen LogP contribution >= 0.6 is 0 Å². The fraction of sp³-hybridized carbons (Fsp3) is 0.667. The molecule has 30 heavy (non-hydrogen) atoms. The highest BCUT2D eigenvalue weighted by molar-refractivity contribution is 7.89. The van der Waals surface area contributed by atoms with E-state index in [1.54, 1.807) is 17.2 Å². The number of ether oxygens (including phenoxy) is 1. The van der Waals surface area contributed by atoms with Gasteiger partial charge in [0.15, 0.2) is 0 Å². The molecule has 0 saturated carbocycles. The van der Waals surface area contributed by atoms with E-state index in [2.05, 4.69) is 4.98 Å². The number of carbonyl (C=O) groups is 1. The maximum absolute atomic E-state index is 13.1. The number of nitriles is 1. The maximum Gasteiger partial charge on any atom is 0.410 e. The number of amides is 1. The summed E-state index contributed by atoms with van der Waals surface area (Å²) >= 11 is 0. The standard InChI is InChI=1S/C21H32N4O4S/c1-21(2,3)29-20(26)24-14-8-10-19(11-15-24)25(17-18-9-4-6-13-23-18)30(27,28)16-7-5-12-22/h4,6,9,13,19H,5,7-8,10-11,14-17H2,1-3H3/t19-/m0/s1. The van der Waals surface area contributed by atoms with Gasteiger partial charge in [-0.05, 0) is 58.6 Å². The highest BCUT2D eigenvalue weighted by atomic mass is 32.2. The van der Waals surface area contributed by atoms with Crippen molar-refractivity contribution in [1.82, 2.24) is 14.2 Å². The summed E-state index contributed by atoms with van der Waals surface area (Å²) < 4.78 is 33.2. The van der Waals surface area contributed by atoms with E-state index in [-0.39, 0.29) is 30.9 Å². The van der Waals surface area contributed by atoms with Gasteiger partial charge < -0.3 is 9.64 Å². The lowest BCUT2D eigenvalue weighted by atomic mass is 10.1. The molecule has 1 aliphatic heterocycles. The molecule has 0 spiro atoms. The van der Waals surface area contributed by atoms with E-state index in [0.717, 1.165) is 0 Å². The van der Waals surface area contributed by atoms with Gasteiger partial charge in [0.05, 0.1) is 24.1 Å². The number of unbranched alkanes of at least 4 members (excludes halogenated alkanes) is 1. The minimum atomic E-state index is -3.57. The van der Waals surface area contributed by atoms with Gasteiger partial charge in [0.25, 0.3) is 0 Å². The zero-order chi connectivity index (χ0) is 22.2. The van der Waals surface area contributed by atoms with Crippen LogP contribution in [0.1, 0.15) is 58.6 Å². The van der Waals surface area contributed by atoms with Crippen LogP contribution in [0.15, 0.2) is 24.4 Å². The SMILES string of the molecule is CC(C)(C)OC(=O)N1CCC[C@H](N(Cc2ccccn2)S(=O)(=O)CCCC#N)CC1. The molecule has 1 amide bonds. The number of sulfonamides is 1. The fourth-order valence-corrected chi connectivity index (χ4v) is 5.17. The molecule has 0 bridgehead atoms. The van der Waals surface area contributed by atoms with Gasteiger partial charge in [-0.15, -0.1) is 0 Å². The van der Waals surface area contributed by atoms with Crippen LogP contribution in [-0.2, 0) is 21.3 Å². The molecule has 9 heteroatoms. The monoisotopic (exact) mass is 436 g/mol. The molecule has 1 aliphatic rings. The van der Waals surface area contributed by atoms with Crippen LogP contribution in [0.5, 0.6) is 0 Å². The summed E-state index contributed by atoms with van der Waals surface area (Å²) in [5, 5.41) is 8.77. The van der Waals surface area contributed by atoms with Gasteiger partial charge >= 0.3 is 6.09 Å². The molecule has 166 valence electrons. The summed E-state index contributed by atoms with van der Waals surface area (Å²) in [5.41, 5.74) is 0.104. The quantitative estimate of drug-likeness (QED) is 0.608. The predicted molar refractivity (Wildman–Crippen MR) is 114 cm³/mol. The number of carbonyl (C=O) groups excluding carboxylic acids is 1. The van der Waals surface area contributed by atoms with E-state index in [4.69, 9.17) is 10.00 Å². The Balaban J connectivity index is 2.15. The van der Waals surface area contributed by atoms with Crippen molar-refractivity contribution in [2.75, 3.05) is 18.8 Å². The molecular formula is C21H32N4O4S. The Bertz CT molecular complexity index is 831. The maximum atomic E-state index is 13.1. The van der Waals surface area contributed by atoms with Crippen molar-refractivity contribution >= 4 is 16.1 Å². The van der Waals surface area contributed by atoms with Crippen molar-refractivity contribution < 1.29 is 17.9 Å². The molecule has 0 N–H and O–H groups in total. The van der Waals surface area contributed by atoms with Gasteiger partial charge in [-0.2, -0.15) is 9.57 Å². The highest BCUT2D eigenvalue weighted by Crippen LogP contribution is 2.24. The topological polar surface area (TPSA) is 104 Å². The van der Waals surface area contributed by atoms with Crippen LogP contribution in [-0.4, -0.2) is 59.2 Å². The largest absolute Gasteiger partial charge is 0.444 e. The first-order valence-electron chi connectivity index (χ1n) is 10.4. The number of likely N-dealkylation sites (tertiary alicyclic amines) is 1. The van der Waals surface area contributed by atoms with Crippen molar-refractivity contribution in [3.8, 4) is 6.07 Å². The molecule has 1 fully saturated rings. The van der Waals surface area contributed by atoms with Crippen molar-refractivity contribution in [2.45, 2.75) is 71.1 Å². The van der Waals surface area contributed by atoms with Crippen LogP contribution in [0.25, 0.3) is 0 Å².